The zero-order chi connectivity index (χ0) is 31.5. The lowest BCUT2D eigenvalue weighted by Crippen LogP contribution is -2.29. The Balaban J connectivity index is 1.47. The average molecular weight is 631 g/mol. The van der Waals surface area contributed by atoms with Crippen molar-refractivity contribution in [3.05, 3.63) is 71.3 Å². The van der Waals surface area contributed by atoms with Crippen LogP contribution in [0.15, 0.2) is 60.2 Å². The second kappa shape index (κ2) is 13.1. The van der Waals surface area contributed by atoms with E-state index in [0.29, 0.717) is 77.0 Å². The number of ketones is 1. The third kappa shape index (κ3) is 5.87. The number of rotatable bonds is 11. The lowest BCUT2D eigenvalue weighted by Gasteiger charge is -2.24. The van der Waals surface area contributed by atoms with Gasteiger partial charge in [-0.1, -0.05) is 37.2 Å². The summed E-state index contributed by atoms with van der Waals surface area (Å²) in [4.78, 5) is 33.7. The summed E-state index contributed by atoms with van der Waals surface area (Å²) in [6.45, 7) is 5.83. The van der Waals surface area contributed by atoms with Gasteiger partial charge in [0.05, 0.1) is 42.2 Å². The Morgan fingerprint density at radius 3 is 2.58 bits per heavy atom. The van der Waals surface area contributed by atoms with E-state index in [4.69, 9.17) is 28.7 Å². The smallest absolute Gasteiger partial charge is 0.301 e. The number of unbranched alkanes of at least 4 members (excludes halogenated alkanes) is 2. The van der Waals surface area contributed by atoms with E-state index in [1.807, 2.05) is 25.1 Å². The fourth-order valence-corrected chi connectivity index (χ4v) is 6.47. The Bertz CT molecular complexity index is 1780. The van der Waals surface area contributed by atoms with Gasteiger partial charge in [0.25, 0.3) is 5.78 Å². The van der Waals surface area contributed by atoms with Crippen molar-refractivity contribution < 1.29 is 38.4 Å². The predicted molar refractivity (Wildman–Crippen MR) is 171 cm³/mol. The maximum atomic E-state index is 13.8. The lowest BCUT2D eigenvalue weighted by molar-refractivity contribution is -0.132. The Hall–Kier alpha value is -4.77. The van der Waals surface area contributed by atoms with E-state index in [9.17, 15) is 14.7 Å². The highest BCUT2D eigenvalue weighted by molar-refractivity contribution is 7.22. The molecular weight excluding hydrogens is 596 g/mol. The second-order valence-corrected chi connectivity index (χ2v) is 11.6. The fourth-order valence-electron chi connectivity index (χ4n) is 5.45. The summed E-state index contributed by atoms with van der Waals surface area (Å²) in [6, 6.07) is 14.7. The van der Waals surface area contributed by atoms with Crippen LogP contribution in [0.1, 0.15) is 50.3 Å². The molecule has 0 unspecified atom stereocenters. The van der Waals surface area contributed by atoms with Crippen LogP contribution in [0, 0.1) is 0 Å². The SMILES string of the molecule is CCCCCOc1ccc([C@H]2C(=C(O)c3ccc4c(c3)OCCO4)C(=O)C(=O)N2c2nc3ccc(OCC)cc3s2)cc1OC. The molecular formula is C34H34N2O8S. The average Bonchev–Trinajstić information content (AvgIpc) is 3.60. The van der Waals surface area contributed by atoms with Crippen LogP contribution in [0.25, 0.3) is 16.0 Å². The van der Waals surface area contributed by atoms with Crippen molar-refractivity contribution in [2.75, 3.05) is 38.4 Å². The summed E-state index contributed by atoms with van der Waals surface area (Å²) in [5, 5.41) is 12.0. The minimum atomic E-state index is -1.01. The van der Waals surface area contributed by atoms with Crippen LogP contribution in [-0.4, -0.2) is 55.3 Å². The Labute approximate surface area is 264 Å². The molecule has 1 fully saturated rings. The predicted octanol–water partition coefficient (Wildman–Crippen LogP) is 6.67. The molecule has 4 aromatic rings. The van der Waals surface area contributed by atoms with Crippen LogP contribution in [-0.2, 0) is 9.59 Å². The highest BCUT2D eigenvalue weighted by Crippen LogP contribution is 2.46. The van der Waals surface area contributed by atoms with Gasteiger partial charge in [-0.05, 0) is 67.4 Å². The number of fused-ring (bicyclic) bond motifs is 2. The minimum absolute atomic E-state index is 0.0791. The Morgan fingerprint density at radius 1 is 0.978 bits per heavy atom. The van der Waals surface area contributed by atoms with Crippen LogP contribution in [0.4, 0.5) is 5.13 Å². The monoisotopic (exact) mass is 630 g/mol. The van der Waals surface area contributed by atoms with E-state index in [2.05, 4.69) is 6.92 Å². The zero-order valence-electron chi connectivity index (χ0n) is 25.3. The molecule has 10 nitrogen and oxygen atoms in total. The molecule has 3 aromatic carbocycles. The van der Waals surface area contributed by atoms with Crippen molar-refractivity contribution >= 4 is 44.1 Å². The Morgan fingerprint density at radius 2 is 1.80 bits per heavy atom. The van der Waals surface area contributed by atoms with E-state index in [1.165, 1.54) is 23.3 Å². The molecule has 0 bridgehead atoms. The van der Waals surface area contributed by atoms with E-state index >= 15 is 0 Å². The lowest BCUT2D eigenvalue weighted by atomic mass is 9.95. The molecule has 2 aliphatic rings. The van der Waals surface area contributed by atoms with Crippen molar-refractivity contribution in [2.24, 2.45) is 0 Å². The molecule has 3 heterocycles. The first-order valence-electron chi connectivity index (χ1n) is 15.0. The van der Waals surface area contributed by atoms with Gasteiger partial charge in [-0.25, -0.2) is 4.98 Å². The van der Waals surface area contributed by atoms with Gasteiger partial charge in [-0.2, -0.15) is 0 Å². The number of anilines is 1. The normalized spacial score (nSPS) is 17.1. The molecule has 0 spiro atoms. The summed E-state index contributed by atoms with van der Waals surface area (Å²) >= 11 is 1.26. The number of carbonyl (C=O) groups excluding carboxylic acids is 2. The van der Waals surface area contributed by atoms with Crippen LogP contribution >= 0.6 is 11.3 Å². The highest BCUT2D eigenvalue weighted by Gasteiger charge is 2.48. The number of hydrogen-bond donors (Lipinski definition) is 1. The zero-order valence-corrected chi connectivity index (χ0v) is 26.1. The third-order valence-electron chi connectivity index (χ3n) is 7.63. The molecule has 1 atom stereocenters. The number of Topliss-reactive ketones (excluding diaryl/α,β-unsaturated/α-hetero) is 1. The summed E-state index contributed by atoms with van der Waals surface area (Å²) < 4.78 is 29.4. The number of benzene rings is 3. The van der Waals surface area contributed by atoms with Gasteiger partial charge in [0.2, 0.25) is 0 Å². The molecule has 1 N–H and O–H groups in total. The molecule has 1 aromatic heterocycles. The number of hydrogen-bond acceptors (Lipinski definition) is 10. The molecule has 6 rings (SSSR count). The molecule has 0 radical (unpaired) electrons. The number of thiazole rings is 1. The van der Waals surface area contributed by atoms with Gasteiger partial charge < -0.3 is 28.8 Å². The maximum Gasteiger partial charge on any atom is 0.301 e. The topological polar surface area (TPSA) is 117 Å². The van der Waals surface area contributed by atoms with Gasteiger partial charge in [0.15, 0.2) is 28.1 Å². The summed E-state index contributed by atoms with van der Waals surface area (Å²) in [5.74, 6) is 0.674. The van der Waals surface area contributed by atoms with E-state index in [0.717, 1.165) is 24.0 Å². The van der Waals surface area contributed by atoms with Gasteiger partial charge in [0.1, 0.15) is 24.7 Å². The van der Waals surface area contributed by atoms with Crippen LogP contribution in [0.2, 0.25) is 0 Å². The van der Waals surface area contributed by atoms with E-state index in [-0.39, 0.29) is 11.3 Å². The number of aliphatic hydroxyl groups is 1. The Kier molecular flexibility index (Phi) is 8.79. The molecule has 11 heteroatoms. The third-order valence-corrected chi connectivity index (χ3v) is 8.65. The van der Waals surface area contributed by atoms with Gasteiger partial charge >= 0.3 is 5.91 Å². The van der Waals surface area contributed by atoms with Crippen molar-refractivity contribution in [3.63, 3.8) is 0 Å². The highest BCUT2D eigenvalue weighted by atomic mass is 32.1. The molecule has 2 aliphatic heterocycles. The van der Waals surface area contributed by atoms with Gasteiger partial charge in [-0.15, -0.1) is 0 Å². The first-order valence-corrected chi connectivity index (χ1v) is 15.8. The second-order valence-electron chi connectivity index (χ2n) is 10.6. The van der Waals surface area contributed by atoms with Gasteiger partial charge in [-0.3, -0.25) is 14.5 Å². The summed E-state index contributed by atoms with van der Waals surface area (Å²) in [6.07, 6.45) is 3.02. The maximum absolute atomic E-state index is 13.8. The summed E-state index contributed by atoms with van der Waals surface area (Å²) in [5.41, 5.74) is 1.43. The molecule has 1 saturated heterocycles. The van der Waals surface area contributed by atoms with Crippen molar-refractivity contribution in [1.29, 1.82) is 0 Å². The van der Waals surface area contributed by atoms with Crippen LogP contribution in [0.5, 0.6) is 28.7 Å². The molecule has 0 aliphatic carbocycles. The van der Waals surface area contributed by atoms with Crippen LogP contribution in [0.3, 0.4) is 0 Å². The van der Waals surface area contributed by atoms with Crippen molar-refractivity contribution in [2.45, 2.75) is 39.2 Å². The number of ether oxygens (including phenoxy) is 5. The number of methoxy groups -OCH3 is 1. The quantitative estimate of drug-likeness (QED) is 0.0839. The van der Waals surface area contributed by atoms with Crippen LogP contribution < -0.4 is 28.6 Å². The fraction of sp³-hybridized carbons (Fsp3) is 0.324. The molecule has 1 amide bonds. The standard InChI is InChI=1S/C34H34N2O8S/c1-4-6-7-14-42-24-12-8-20(17-26(24)40-3)30-29(31(37)21-9-13-25-27(18-21)44-16-15-43-25)32(38)33(39)36(30)34-35-23-11-10-22(41-5-2)19-28(23)45-34/h8-13,17-19,30,37H,4-7,14-16H2,1-3H3/t30-/m0/s1. The number of aliphatic hydroxyl groups excluding tert-OH is 1. The van der Waals surface area contributed by atoms with E-state index < -0.39 is 17.7 Å². The van der Waals surface area contributed by atoms with Crippen molar-refractivity contribution in [3.8, 4) is 28.7 Å². The largest absolute Gasteiger partial charge is 0.507 e. The summed E-state index contributed by atoms with van der Waals surface area (Å²) in [7, 11) is 1.54. The van der Waals surface area contributed by atoms with Crippen molar-refractivity contribution in [1.82, 2.24) is 4.98 Å². The number of carbonyl (C=O) groups is 2. The molecule has 0 saturated carbocycles. The number of amides is 1. The first-order chi connectivity index (χ1) is 21.9. The first kappa shape index (κ1) is 30.3. The minimum Gasteiger partial charge on any atom is -0.507 e. The van der Waals surface area contributed by atoms with E-state index in [1.54, 1.807) is 36.4 Å². The number of nitrogens with zero attached hydrogens (tertiary/aromatic N) is 2. The molecule has 45 heavy (non-hydrogen) atoms. The molecule has 234 valence electrons. The number of aromatic nitrogens is 1. The van der Waals surface area contributed by atoms with Gasteiger partial charge in [0, 0.05) is 5.56 Å².